The highest BCUT2D eigenvalue weighted by Crippen LogP contribution is 2.48. The summed E-state index contributed by atoms with van der Waals surface area (Å²) in [7, 11) is 1.73. The van der Waals surface area contributed by atoms with Crippen LogP contribution in [0.15, 0.2) is 24.3 Å². The molecule has 3 atom stereocenters. The van der Waals surface area contributed by atoms with Crippen molar-refractivity contribution in [2.45, 2.75) is 50.1 Å². The lowest BCUT2D eigenvalue weighted by Crippen LogP contribution is -2.61. The van der Waals surface area contributed by atoms with E-state index in [0.29, 0.717) is 35.7 Å². The minimum Gasteiger partial charge on any atom is -0.497 e. The van der Waals surface area contributed by atoms with Gasteiger partial charge in [0.15, 0.2) is 0 Å². The maximum Gasteiger partial charge on any atom is 0.226 e. The number of carbonyl (C=O) groups is 1. The number of benzene rings is 1. The summed E-state index contributed by atoms with van der Waals surface area (Å²) in [5.41, 5.74) is 1.34. The Labute approximate surface area is 150 Å². The number of methoxy groups -OCH3 is 1. The zero-order valence-electron chi connectivity index (χ0n) is 15.1. The molecule has 25 heavy (non-hydrogen) atoms. The Bertz CT molecular complexity index is 664. The van der Waals surface area contributed by atoms with Gasteiger partial charge in [0.05, 0.1) is 13.2 Å². The standard InChI is InChI=1S/C21H28N2O2/c1-25-17-7-3-6-16(12-17)18-13-23(21(24)15-4-2-5-15)19-14-8-10-22(11-9-14)20(18)19/h3,6-7,12,14-15,18-20H,2,4-5,8-11,13H2,1H3/t18-,19-,20-/m0/s1. The number of rotatable bonds is 3. The Morgan fingerprint density at radius 1 is 1.12 bits per heavy atom. The highest BCUT2D eigenvalue weighted by atomic mass is 16.5. The molecule has 0 aromatic heterocycles. The summed E-state index contributed by atoms with van der Waals surface area (Å²) in [5.74, 6) is 2.80. The second-order valence-corrected chi connectivity index (χ2v) is 8.36. The van der Waals surface area contributed by atoms with Crippen LogP contribution < -0.4 is 4.74 Å². The third-order valence-electron chi connectivity index (χ3n) is 7.25. The first-order valence-corrected chi connectivity index (χ1v) is 9.95. The molecule has 4 heterocycles. The Kier molecular flexibility index (Phi) is 3.77. The molecular weight excluding hydrogens is 312 g/mol. The number of piperidine rings is 3. The van der Waals surface area contributed by atoms with Gasteiger partial charge in [-0.3, -0.25) is 9.69 Å². The lowest BCUT2D eigenvalue weighted by Gasteiger charge is -2.51. The smallest absolute Gasteiger partial charge is 0.226 e. The van der Waals surface area contributed by atoms with Crippen LogP contribution in [0.1, 0.15) is 43.6 Å². The second-order valence-electron chi connectivity index (χ2n) is 8.36. The molecule has 5 aliphatic rings. The third-order valence-corrected chi connectivity index (χ3v) is 7.25. The summed E-state index contributed by atoms with van der Waals surface area (Å²) >= 11 is 0. The van der Waals surface area contributed by atoms with Crippen LogP contribution >= 0.6 is 0 Å². The Hall–Kier alpha value is -1.55. The third kappa shape index (κ3) is 2.41. The van der Waals surface area contributed by atoms with Crippen molar-refractivity contribution < 1.29 is 9.53 Å². The predicted octanol–water partition coefficient (Wildman–Crippen LogP) is 2.88. The van der Waals surface area contributed by atoms with Crippen molar-refractivity contribution in [2.75, 3.05) is 26.7 Å². The first kappa shape index (κ1) is 15.7. The molecule has 0 spiro atoms. The highest BCUT2D eigenvalue weighted by Gasteiger charge is 2.55. The van der Waals surface area contributed by atoms with Gasteiger partial charge in [-0.15, -0.1) is 0 Å². The molecular formula is C21H28N2O2. The highest BCUT2D eigenvalue weighted by molar-refractivity contribution is 5.80. The van der Waals surface area contributed by atoms with Crippen molar-refractivity contribution in [3.63, 3.8) is 0 Å². The molecule has 5 fully saturated rings. The molecule has 2 bridgehead atoms. The first-order chi connectivity index (χ1) is 12.3. The SMILES string of the molecule is COc1cccc([C@@H]2CN(C(=O)C3CCC3)[C@H]3C4CCN(CC4)[C@@H]23)c1. The summed E-state index contributed by atoms with van der Waals surface area (Å²) in [6.45, 7) is 3.31. The van der Waals surface area contributed by atoms with Crippen LogP contribution in [0.4, 0.5) is 0 Å². The summed E-state index contributed by atoms with van der Waals surface area (Å²) < 4.78 is 5.46. The average Bonchev–Trinajstić information content (AvgIpc) is 3.04. The first-order valence-electron chi connectivity index (χ1n) is 9.95. The second kappa shape index (κ2) is 6.01. The molecule has 0 N–H and O–H groups in total. The molecule has 134 valence electrons. The number of hydrogen-bond donors (Lipinski definition) is 0. The van der Waals surface area contributed by atoms with E-state index in [0.717, 1.165) is 25.1 Å². The topological polar surface area (TPSA) is 32.8 Å². The van der Waals surface area contributed by atoms with Crippen molar-refractivity contribution in [1.82, 2.24) is 9.80 Å². The fraction of sp³-hybridized carbons (Fsp3) is 0.667. The van der Waals surface area contributed by atoms with Gasteiger partial charge in [0, 0.05) is 24.4 Å². The number of fused-ring (bicyclic) bond motifs is 2. The van der Waals surface area contributed by atoms with Gasteiger partial charge >= 0.3 is 0 Å². The van der Waals surface area contributed by atoms with Gasteiger partial charge in [0.25, 0.3) is 0 Å². The average molecular weight is 340 g/mol. The maximum atomic E-state index is 13.1. The van der Waals surface area contributed by atoms with Gasteiger partial charge in [-0.25, -0.2) is 0 Å². The number of amides is 1. The van der Waals surface area contributed by atoms with Crippen molar-refractivity contribution in [1.29, 1.82) is 0 Å². The summed E-state index contributed by atoms with van der Waals surface area (Å²) in [4.78, 5) is 18.1. The van der Waals surface area contributed by atoms with E-state index in [2.05, 4.69) is 28.0 Å². The number of hydrogen-bond acceptors (Lipinski definition) is 3. The van der Waals surface area contributed by atoms with Crippen LogP contribution in [0.2, 0.25) is 0 Å². The molecule has 4 saturated heterocycles. The van der Waals surface area contributed by atoms with Gasteiger partial charge in [-0.1, -0.05) is 18.6 Å². The Balaban J connectivity index is 1.50. The van der Waals surface area contributed by atoms with E-state index in [1.165, 1.54) is 37.9 Å². The van der Waals surface area contributed by atoms with Crippen LogP contribution in [0, 0.1) is 11.8 Å². The zero-order valence-corrected chi connectivity index (χ0v) is 15.1. The fourth-order valence-corrected chi connectivity index (χ4v) is 5.73. The molecule has 1 aromatic rings. The molecule has 0 radical (unpaired) electrons. The molecule has 0 unspecified atom stereocenters. The van der Waals surface area contributed by atoms with Crippen LogP contribution in [0.3, 0.4) is 0 Å². The minimum absolute atomic E-state index is 0.306. The van der Waals surface area contributed by atoms with Crippen LogP contribution in [0.25, 0.3) is 0 Å². The van der Waals surface area contributed by atoms with Crippen LogP contribution in [0.5, 0.6) is 5.75 Å². The summed E-state index contributed by atoms with van der Waals surface area (Å²) in [5, 5.41) is 0. The minimum atomic E-state index is 0.306. The number of nitrogens with zero attached hydrogens (tertiary/aromatic N) is 2. The van der Waals surface area contributed by atoms with Crippen LogP contribution in [-0.4, -0.2) is 54.5 Å². The summed E-state index contributed by atoms with van der Waals surface area (Å²) in [6, 6.07) is 9.46. The Morgan fingerprint density at radius 2 is 1.92 bits per heavy atom. The Morgan fingerprint density at radius 3 is 2.60 bits per heavy atom. The summed E-state index contributed by atoms with van der Waals surface area (Å²) in [6.07, 6.45) is 5.96. The van der Waals surface area contributed by atoms with Crippen molar-refractivity contribution >= 4 is 5.91 Å². The van der Waals surface area contributed by atoms with Crippen molar-refractivity contribution in [3.05, 3.63) is 29.8 Å². The van der Waals surface area contributed by atoms with Crippen molar-refractivity contribution in [3.8, 4) is 5.75 Å². The lowest BCUT2D eigenvalue weighted by molar-refractivity contribution is -0.143. The normalized spacial score (nSPS) is 36.8. The predicted molar refractivity (Wildman–Crippen MR) is 96.7 cm³/mol. The molecule has 4 heteroatoms. The van der Waals surface area contributed by atoms with E-state index < -0.39 is 0 Å². The van der Waals surface area contributed by atoms with E-state index in [4.69, 9.17) is 4.74 Å². The number of carbonyl (C=O) groups excluding carboxylic acids is 1. The zero-order chi connectivity index (χ0) is 17.0. The van der Waals surface area contributed by atoms with Gasteiger partial charge in [0.2, 0.25) is 5.91 Å². The molecule has 1 aliphatic carbocycles. The van der Waals surface area contributed by atoms with E-state index in [-0.39, 0.29) is 0 Å². The van der Waals surface area contributed by atoms with E-state index in [1.807, 2.05) is 6.07 Å². The van der Waals surface area contributed by atoms with E-state index >= 15 is 0 Å². The van der Waals surface area contributed by atoms with Crippen molar-refractivity contribution in [2.24, 2.45) is 11.8 Å². The molecule has 1 amide bonds. The van der Waals surface area contributed by atoms with E-state index in [1.54, 1.807) is 7.11 Å². The molecule has 1 saturated carbocycles. The molecule has 1 aromatic carbocycles. The fourth-order valence-electron chi connectivity index (χ4n) is 5.73. The molecule has 6 rings (SSSR count). The molecule has 4 nitrogen and oxygen atoms in total. The van der Waals surface area contributed by atoms with Gasteiger partial charge in [-0.05, 0) is 62.4 Å². The lowest BCUT2D eigenvalue weighted by atomic mass is 9.75. The van der Waals surface area contributed by atoms with Crippen LogP contribution in [-0.2, 0) is 4.79 Å². The van der Waals surface area contributed by atoms with Gasteiger partial charge in [0.1, 0.15) is 5.75 Å². The quantitative estimate of drug-likeness (QED) is 0.848. The number of ether oxygens (including phenoxy) is 1. The van der Waals surface area contributed by atoms with Gasteiger partial charge in [-0.2, -0.15) is 0 Å². The van der Waals surface area contributed by atoms with E-state index in [9.17, 15) is 4.79 Å². The maximum absolute atomic E-state index is 13.1. The monoisotopic (exact) mass is 340 g/mol. The number of likely N-dealkylation sites (tertiary alicyclic amines) is 1. The largest absolute Gasteiger partial charge is 0.497 e. The molecule has 4 aliphatic heterocycles. The van der Waals surface area contributed by atoms with Gasteiger partial charge < -0.3 is 9.64 Å².